The maximum atomic E-state index is 13.2. The Bertz CT molecular complexity index is 2000. The van der Waals surface area contributed by atoms with Gasteiger partial charge in [-0.1, -0.05) is 426 Å². The summed E-state index contributed by atoms with van der Waals surface area (Å²) in [6.45, 7) is 5.05. The maximum Gasteiger partial charge on any atom is 0.472 e. The van der Waals surface area contributed by atoms with Gasteiger partial charge in [-0.15, -0.1) is 0 Å². The molecule has 106 heavy (non-hydrogen) atoms. The molecule has 0 saturated carbocycles. The molecule has 5 atom stereocenters. The van der Waals surface area contributed by atoms with Gasteiger partial charge in [-0.3, -0.25) is 37.3 Å². The molecule has 0 heterocycles. The fourth-order valence-electron chi connectivity index (χ4n) is 13.7. The highest BCUT2D eigenvalue weighted by atomic mass is 31.2. The lowest BCUT2D eigenvalue weighted by Gasteiger charge is -2.21. The van der Waals surface area contributed by atoms with Crippen molar-refractivity contribution in [2.24, 2.45) is 0 Å². The zero-order chi connectivity index (χ0) is 77.4. The number of phosphoric ester groups is 2. The Labute approximate surface area is 651 Å². The molecule has 19 heteroatoms. The van der Waals surface area contributed by atoms with E-state index in [1.54, 1.807) is 0 Å². The molecule has 2 unspecified atom stereocenters. The van der Waals surface area contributed by atoms with Crippen molar-refractivity contribution >= 4 is 39.5 Å². The summed E-state index contributed by atoms with van der Waals surface area (Å²) in [5, 5.41) is 10.7. The van der Waals surface area contributed by atoms with Gasteiger partial charge in [0.05, 0.1) is 26.4 Å². The van der Waals surface area contributed by atoms with Gasteiger partial charge in [0.25, 0.3) is 0 Å². The quantitative estimate of drug-likeness (QED) is 0.0222. The predicted octanol–water partition coefficient (Wildman–Crippen LogP) is 26.9. The highest BCUT2D eigenvalue weighted by molar-refractivity contribution is 7.47. The molecule has 0 amide bonds. The van der Waals surface area contributed by atoms with Crippen molar-refractivity contribution in [2.75, 3.05) is 39.6 Å². The van der Waals surface area contributed by atoms with Gasteiger partial charge in [-0.2, -0.15) is 0 Å². The van der Waals surface area contributed by atoms with Crippen molar-refractivity contribution in [3.05, 3.63) is 0 Å². The Morgan fingerprint density at radius 3 is 0.557 bits per heavy atom. The Kier molecular flexibility index (Phi) is 79.6. The number of aliphatic hydroxyl groups is 1. The molecule has 0 radical (unpaired) electrons. The van der Waals surface area contributed by atoms with Crippen molar-refractivity contribution < 1.29 is 80.2 Å². The minimum Gasteiger partial charge on any atom is -0.462 e. The molecule has 0 rings (SSSR count). The lowest BCUT2D eigenvalue weighted by atomic mass is 10.0. The average molecular weight is 1550 g/mol. The second kappa shape index (κ2) is 81.1. The van der Waals surface area contributed by atoms with Crippen LogP contribution >= 0.6 is 15.6 Å². The number of unbranched alkanes of at least 4 members (excludes halogenated alkanes) is 62. The molecule has 630 valence electrons. The lowest BCUT2D eigenvalue weighted by Crippen LogP contribution is -2.30. The molecule has 0 saturated heterocycles. The monoisotopic (exact) mass is 1550 g/mol. The summed E-state index contributed by atoms with van der Waals surface area (Å²) >= 11 is 0. The maximum absolute atomic E-state index is 13.2. The van der Waals surface area contributed by atoms with E-state index >= 15 is 0 Å². The normalized spacial score (nSPS) is 13.7. The van der Waals surface area contributed by atoms with Crippen molar-refractivity contribution in [3.63, 3.8) is 0 Å². The molecule has 0 spiro atoms. The van der Waals surface area contributed by atoms with E-state index < -0.39 is 97.5 Å². The van der Waals surface area contributed by atoms with E-state index in [-0.39, 0.29) is 25.7 Å². The van der Waals surface area contributed by atoms with Crippen molar-refractivity contribution in [3.8, 4) is 0 Å². The van der Waals surface area contributed by atoms with E-state index in [9.17, 15) is 43.2 Å². The Balaban J connectivity index is 5.20. The first-order valence-electron chi connectivity index (χ1n) is 45.3. The summed E-state index contributed by atoms with van der Waals surface area (Å²) in [4.78, 5) is 73.2. The molecule has 0 bridgehead atoms. The van der Waals surface area contributed by atoms with Gasteiger partial charge >= 0.3 is 39.5 Å². The van der Waals surface area contributed by atoms with Gasteiger partial charge in [-0.05, 0) is 25.7 Å². The zero-order valence-electron chi connectivity index (χ0n) is 69.4. The molecular formula is C87H170O17P2. The summed E-state index contributed by atoms with van der Waals surface area (Å²) in [6, 6.07) is 0. The third kappa shape index (κ3) is 80.1. The SMILES string of the molecule is CCCCCCCCCCCCCCCCCCCCCCC(=O)OC[C@H](COP(=O)(O)OC[C@@H](O)COP(=O)(O)OC[C@@H](COC(=O)CCCCCCCCCCC)OC(=O)CCCCCCCCCCCCCCCCCCC)OC(=O)CCCCCCCCCCCCCCCCCCCCCC. The van der Waals surface area contributed by atoms with Crippen LogP contribution < -0.4 is 0 Å². The molecule has 0 fully saturated rings. The van der Waals surface area contributed by atoms with Gasteiger partial charge in [-0.25, -0.2) is 9.13 Å². The third-order valence-corrected chi connectivity index (χ3v) is 22.5. The summed E-state index contributed by atoms with van der Waals surface area (Å²) in [5.74, 6) is -2.10. The van der Waals surface area contributed by atoms with Crippen LogP contribution in [0.2, 0.25) is 0 Å². The van der Waals surface area contributed by atoms with Gasteiger partial charge in [0, 0.05) is 25.7 Å². The molecular weight excluding hydrogens is 1380 g/mol. The van der Waals surface area contributed by atoms with E-state index in [1.165, 1.54) is 308 Å². The Morgan fingerprint density at radius 2 is 0.377 bits per heavy atom. The van der Waals surface area contributed by atoms with E-state index in [1.807, 2.05) is 0 Å². The van der Waals surface area contributed by atoms with Crippen molar-refractivity contribution in [1.82, 2.24) is 0 Å². The van der Waals surface area contributed by atoms with Crippen LogP contribution in [-0.2, 0) is 65.4 Å². The number of carbonyl (C=O) groups excluding carboxylic acids is 4. The third-order valence-electron chi connectivity index (χ3n) is 20.6. The summed E-state index contributed by atoms with van der Waals surface area (Å²) < 4.78 is 68.9. The van der Waals surface area contributed by atoms with Crippen molar-refractivity contribution in [2.45, 2.75) is 495 Å². The molecule has 17 nitrogen and oxygen atoms in total. The second-order valence-corrected chi connectivity index (χ2v) is 34.2. The topological polar surface area (TPSA) is 237 Å². The fourth-order valence-corrected chi connectivity index (χ4v) is 15.3. The minimum absolute atomic E-state index is 0.109. The van der Waals surface area contributed by atoms with Crippen LogP contribution in [0.25, 0.3) is 0 Å². The molecule has 0 aromatic heterocycles. The molecule has 3 N–H and O–H groups in total. The molecule has 0 aliphatic heterocycles. The van der Waals surface area contributed by atoms with Gasteiger partial charge < -0.3 is 33.8 Å². The number of hydrogen-bond acceptors (Lipinski definition) is 15. The fraction of sp³-hybridized carbons (Fsp3) is 0.954. The number of aliphatic hydroxyl groups excluding tert-OH is 1. The number of carbonyl (C=O) groups is 4. The first kappa shape index (κ1) is 104. The smallest absolute Gasteiger partial charge is 0.462 e. The van der Waals surface area contributed by atoms with E-state index in [4.69, 9.17) is 37.0 Å². The Hall–Kier alpha value is -1.94. The average Bonchev–Trinajstić information content (AvgIpc) is 0.901. The van der Waals surface area contributed by atoms with Gasteiger partial charge in [0.1, 0.15) is 19.3 Å². The Morgan fingerprint density at radius 1 is 0.226 bits per heavy atom. The van der Waals surface area contributed by atoms with E-state index in [0.29, 0.717) is 25.7 Å². The van der Waals surface area contributed by atoms with Gasteiger partial charge in [0.2, 0.25) is 0 Å². The van der Waals surface area contributed by atoms with Crippen LogP contribution in [0.3, 0.4) is 0 Å². The van der Waals surface area contributed by atoms with E-state index in [2.05, 4.69) is 27.7 Å². The van der Waals surface area contributed by atoms with Crippen LogP contribution in [0.15, 0.2) is 0 Å². The summed E-state index contributed by atoms with van der Waals surface area (Å²) in [5.41, 5.74) is 0. The number of phosphoric acid groups is 2. The van der Waals surface area contributed by atoms with Crippen molar-refractivity contribution in [1.29, 1.82) is 0 Å². The van der Waals surface area contributed by atoms with Gasteiger partial charge in [0.15, 0.2) is 12.2 Å². The highest BCUT2D eigenvalue weighted by Crippen LogP contribution is 2.45. The number of ether oxygens (including phenoxy) is 4. The first-order valence-corrected chi connectivity index (χ1v) is 48.3. The molecule has 0 aromatic rings. The van der Waals surface area contributed by atoms with Crippen LogP contribution in [0, 0.1) is 0 Å². The molecule has 0 aliphatic rings. The number of hydrogen-bond donors (Lipinski definition) is 3. The minimum atomic E-state index is -4.96. The predicted molar refractivity (Wildman–Crippen MR) is 437 cm³/mol. The second-order valence-electron chi connectivity index (χ2n) is 31.3. The molecule has 0 aliphatic carbocycles. The highest BCUT2D eigenvalue weighted by Gasteiger charge is 2.30. The van der Waals surface area contributed by atoms with Crippen LogP contribution in [-0.4, -0.2) is 96.7 Å². The summed E-state index contributed by atoms with van der Waals surface area (Å²) in [6.07, 6.45) is 76.5. The van der Waals surface area contributed by atoms with Crippen LogP contribution in [0.1, 0.15) is 477 Å². The largest absolute Gasteiger partial charge is 0.472 e. The molecule has 0 aromatic carbocycles. The zero-order valence-corrected chi connectivity index (χ0v) is 71.2. The first-order chi connectivity index (χ1) is 51.7. The van der Waals surface area contributed by atoms with Crippen LogP contribution in [0.4, 0.5) is 0 Å². The lowest BCUT2D eigenvalue weighted by molar-refractivity contribution is -0.161. The number of rotatable bonds is 88. The number of esters is 4. The van der Waals surface area contributed by atoms with E-state index in [0.717, 1.165) is 89.9 Å². The van der Waals surface area contributed by atoms with Crippen LogP contribution in [0.5, 0.6) is 0 Å². The standard InChI is InChI=1S/C87H170O17P2/c1-5-9-13-17-21-25-28-31-34-37-39-41-44-46-49-52-56-60-64-68-72-85(90)98-78-83(104-87(92)74-70-66-62-58-54-51-48-45-42-40-38-35-32-29-26-22-18-14-10-6-2)80-102-106(95,96)100-76-81(88)75-99-105(93,94)101-79-82(77-97-84(89)71-67-63-59-55-24-20-16-12-8-4)103-86(91)73-69-65-61-57-53-50-47-43-36-33-30-27-23-19-15-11-7-3/h81-83,88H,5-80H2,1-4H3,(H,93,94)(H,95,96)/t81-,82+,83+/m0/s1. The summed E-state index contributed by atoms with van der Waals surface area (Å²) in [7, 11) is -9.92.